The third kappa shape index (κ3) is 3.34. The molecular formula is C22H23FN2O3. The summed E-state index contributed by atoms with van der Waals surface area (Å²) in [6, 6.07) is 12.2. The van der Waals surface area contributed by atoms with E-state index in [0.717, 1.165) is 25.9 Å². The number of anilines is 1. The number of likely N-dealkylation sites (tertiary alicyclic amines) is 1. The van der Waals surface area contributed by atoms with Gasteiger partial charge in [-0.05, 0) is 56.3 Å². The molecular weight excluding hydrogens is 359 g/mol. The number of Topliss-reactive ketones (excluding diaryl/α,β-unsaturated/α-hetero) is 1. The molecule has 6 heteroatoms. The van der Waals surface area contributed by atoms with E-state index in [0.29, 0.717) is 17.9 Å². The number of benzene rings is 2. The smallest absolute Gasteiger partial charge is 0.265 e. The van der Waals surface area contributed by atoms with E-state index in [4.69, 9.17) is 0 Å². The minimum absolute atomic E-state index is 0.273. The van der Waals surface area contributed by atoms with Crippen LogP contribution in [0.4, 0.5) is 10.1 Å². The van der Waals surface area contributed by atoms with Crippen LogP contribution in [0, 0.1) is 5.82 Å². The Morgan fingerprint density at radius 2 is 1.71 bits per heavy atom. The van der Waals surface area contributed by atoms with Gasteiger partial charge in [0.25, 0.3) is 5.91 Å². The lowest BCUT2D eigenvalue weighted by molar-refractivity contribution is -0.136. The molecule has 1 fully saturated rings. The largest absolute Gasteiger partial charge is 0.375 e. The molecule has 2 heterocycles. The van der Waals surface area contributed by atoms with Crippen molar-refractivity contribution >= 4 is 17.4 Å². The SMILES string of the molecule is O=C(C[C@]1(O)C(=O)N(CN2CCCCC2)c2ccccc21)c1ccc(F)cc1. The fourth-order valence-corrected chi connectivity index (χ4v) is 4.09. The van der Waals surface area contributed by atoms with Gasteiger partial charge in [-0.25, -0.2) is 4.39 Å². The van der Waals surface area contributed by atoms with E-state index in [2.05, 4.69) is 4.90 Å². The molecule has 1 amide bonds. The number of para-hydroxylation sites is 1. The van der Waals surface area contributed by atoms with Crippen molar-refractivity contribution in [1.29, 1.82) is 0 Å². The monoisotopic (exact) mass is 382 g/mol. The second-order valence-corrected chi connectivity index (χ2v) is 7.54. The number of carbonyl (C=O) groups is 2. The molecule has 0 spiro atoms. The Morgan fingerprint density at radius 1 is 1.04 bits per heavy atom. The van der Waals surface area contributed by atoms with E-state index in [-0.39, 0.29) is 12.0 Å². The van der Waals surface area contributed by atoms with Gasteiger partial charge < -0.3 is 5.11 Å². The molecule has 28 heavy (non-hydrogen) atoms. The summed E-state index contributed by atoms with van der Waals surface area (Å²) in [5.74, 6) is -1.31. The maximum absolute atomic E-state index is 13.2. The van der Waals surface area contributed by atoms with Crippen LogP contribution < -0.4 is 4.90 Å². The average molecular weight is 382 g/mol. The van der Waals surface area contributed by atoms with Gasteiger partial charge in [0, 0.05) is 11.1 Å². The molecule has 146 valence electrons. The first-order chi connectivity index (χ1) is 13.5. The summed E-state index contributed by atoms with van der Waals surface area (Å²) >= 11 is 0. The normalized spacial score (nSPS) is 22.4. The fourth-order valence-electron chi connectivity index (χ4n) is 4.09. The van der Waals surface area contributed by atoms with Crippen molar-refractivity contribution in [2.75, 3.05) is 24.7 Å². The van der Waals surface area contributed by atoms with Gasteiger partial charge in [0.15, 0.2) is 11.4 Å². The second-order valence-electron chi connectivity index (χ2n) is 7.54. The van der Waals surface area contributed by atoms with Crippen LogP contribution in [0.25, 0.3) is 0 Å². The average Bonchev–Trinajstić information content (AvgIpc) is 2.91. The lowest BCUT2D eigenvalue weighted by Crippen LogP contribution is -2.47. The van der Waals surface area contributed by atoms with Crippen molar-refractivity contribution in [1.82, 2.24) is 4.90 Å². The Balaban J connectivity index is 1.61. The maximum atomic E-state index is 13.2. The molecule has 2 aromatic rings. The highest BCUT2D eigenvalue weighted by Gasteiger charge is 2.51. The molecule has 0 radical (unpaired) electrons. The van der Waals surface area contributed by atoms with Crippen LogP contribution >= 0.6 is 0 Å². The first kappa shape index (κ1) is 18.8. The number of nitrogens with zero attached hydrogens (tertiary/aromatic N) is 2. The predicted octanol–water partition coefficient (Wildman–Crippen LogP) is 3.08. The molecule has 1 atom stereocenters. The zero-order chi connectivity index (χ0) is 19.7. The van der Waals surface area contributed by atoms with Gasteiger partial charge in [-0.1, -0.05) is 24.6 Å². The Morgan fingerprint density at radius 3 is 2.43 bits per heavy atom. The van der Waals surface area contributed by atoms with E-state index in [9.17, 15) is 19.1 Å². The molecule has 0 saturated carbocycles. The molecule has 1 saturated heterocycles. The fraction of sp³-hybridized carbons (Fsp3) is 0.364. The number of hydrogen-bond donors (Lipinski definition) is 1. The molecule has 0 bridgehead atoms. The molecule has 0 aromatic heterocycles. The highest BCUT2D eigenvalue weighted by molar-refractivity contribution is 6.10. The van der Waals surface area contributed by atoms with Gasteiger partial charge in [-0.15, -0.1) is 0 Å². The van der Waals surface area contributed by atoms with Crippen LogP contribution in [0.3, 0.4) is 0 Å². The van der Waals surface area contributed by atoms with Gasteiger partial charge in [-0.3, -0.25) is 19.4 Å². The zero-order valence-electron chi connectivity index (χ0n) is 15.6. The van der Waals surface area contributed by atoms with E-state index < -0.39 is 23.1 Å². The number of halogens is 1. The molecule has 4 rings (SSSR count). The molecule has 2 aliphatic heterocycles. The Hall–Kier alpha value is -2.57. The van der Waals surface area contributed by atoms with Crippen molar-refractivity contribution in [3.05, 3.63) is 65.5 Å². The number of hydrogen-bond acceptors (Lipinski definition) is 4. The molecule has 2 aromatic carbocycles. The zero-order valence-corrected chi connectivity index (χ0v) is 15.6. The first-order valence-corrected chi connectivity index (χ1v) is 9.64. The number of carbonyl (C=O) groups excluding carboxylic acids is 2. The second kappa shape index (κ2) is 7.45. The van der Waals surface area contributed by atoms with E-state index in [1.807, 2.05) is 6.07 Å². The number of ketones is 1. The molecule has 0 aliphatic carbocycles. The summed E-state index contributed by atoms with van der Waals surface area (Å²) in [5, 5.41) is 11.3. The number of rotatable bonds is 5. The van der Waals surface area contributed by atoms with Crippen LogP contribution in [0.2, 0.25) is 0 Å². The van der Waals surface area contributed by atoms with Crippen LogP contribution in [0.15, 0.2) is 48.5 Å². The topological polar surface area (TPSA) is 60.9 Å². The lowest BCUT2D eigenvalue weighted by Gasteiger charge is -2.31. The Kier molecular flexibility index (Phi) is 5.00. The van der Waals surface area contributed by atoms with Gasteiger partial charge >= 0.3 is 0 Å². The number of fused-ring (bicyclic) bond motifs is 1. The van der Waals surface area contributed by atoms with Crippen molar-refractivity contribution in [2.24, 2.45) is 0 Å². The summed E-state index contributed by atoms with van der Waals surface area (Å²) in [7, 11) is 0. The van der Waals surface area contributed by atoms with Crippen molar-refractivity contribution in [3.63, 3.8) is 0 Å². The van der Waals surface area contributed by atoms with Gasteiger partial charge in [0.05, 0.1) is 18.8 Å². The van der Waals surface area contributed by atoms with Gasteiger partial charge in [-0.2, -0.15) is 0 Å². The number of amides is 1. The Bertz CT molecular complexity index is 893. The van der Waals surface area contributed by atoms with Crippen molar-refractivity contribution < 1.29 is 19.1 Å². The lowest BCUT2D eigenvalue weighted by atomic mass is 9.88. The van der Waals surface area contributed by atoms with Crippen LogP contribution in [-0.2, 0) is 10.4 Å². The third-order valence-electron chi connectivity index (χ3n) is 5.61. The summed E-state index contributed by atoms with van der Waals surface area (Å²) in [6.07, 6.45) is 3.01. The Labute approximate surface area is 163 Å². The molecule has 0 unspecified atom stereocenters. The molecule has 5 nitrogen and oxygen atoms in total. The highest BCUT2D eigenvalue weighted by Crippen LogP contribution is 2.43. The van der Waals surface area contributed by atoms with Crippen molar-refractivity contribution in [3.8, 4) is 0 Å². The standard InChI is InChI=1S/C22H23FN2O3/c23-17-10-8-16(9-11-17)20(26)14-22(28)18-6-2-3-7-19(18)25(21(22)27)15-24-12-4-1-5-13-24/h2-3,6-11,28H,1,4-5,12-15H2/t22-/m1/s1. The predicted molar refractivity (Wildman–Crippen MR) is 103 cm³/mol. The van der Waals surface area contributed by atoms with Crippen molar-refractivity contribution in [2.45, 2.75) is 31.3 Å². The molecule has 1 N–H and O–H groups in total. The van der Waals surface area contributed by atoms with E-state index in [1.54, 1.807) is 23.1 Å². The minimum atomic E-state index is -1.90. The van der Waals surface area contributed by atoms with E-state index >= 15 is 0 Å². The highest BCUT2D eigenvalue weighted by atomic mass is 19.1. The van der Waals surface area contributed by atoms with Gasteiger partial charge in [0.1, 0.15) is 5.82 Å². The van der Waals surface area contributed by atoms with Crippen LogP contribution in [-0.4, -0.2) is 41.5 Å². The number of piperidine rings is 1. The summed E-state index contributed by atoms with van der Waals surface area (Å²) < 4.78 is 13.1. The first-order valence-electron chi connectivity index (χ1n) is 9.64. The maximum Gasteiger partial charge on any atom is 0.265 e. The third-order valence-corrected chi connectivity index (χ3v) is 5.61. The van der Waals surface area contributed by atoms with Gasteiger partial charge in [0.2, 0.25) is 0 Å². The van der Waals surface area contributed by atoms with Crippen LogP contribution in [0.5, 0.6) is 0 Å². The number of aliphatic hydroxyl groups is 1. The molecule has 2 aliphatic rings. The van der Waals surface area contributed by atoms with E-state index in [1.165, 1.54) is 30.7 Å². The summed E-state index contributed by atoms with van der Waals surface area (Å²) in [4.78, 5) is 29.7. The summed E-state index contributed by atoms with van der Waals surface area (Å²) in [5.41, 5.74) is -0.535. The minimum Gasteiger partial charge on any atom is -0.375 e. The summed E-state index contributed by atoms with van der Waals surface area (Å²) in [6.45, 7) is 2.24. The van der Waals surface area contributed by atoms with Crippen LogP contribution in [0.1, 0.15) is 41.6 Å². The quantitative estimate of drug-likeness (QED) is 0.808.